The zero-order chi connectivity index (χ0) is 17.3. The molecule has 0 aromatic heterocycles. The number of piperazine rings is 1. The van der Waals surface area contributed by atoms with Gasteiger partial charge in [-0.15, -0.1) is 0 Å². The van der Waals surface area contributed by atoms with Crippen LogP contribution in [0.4, 0.5) is 18.9 Å². The topological polar surface area (TPSA) is 47.6 Å². The number of hydrazine groups is 1. The van der Waals surface area contributed by atoms with Crippen molar-refractivity contribution in [3.63, 3.8) is 0 Å². The van der Waals surface area contributed by atoms with Crippen molar-refractivity contribution in [1.29, 1.82) is 0 Å². The summed E-state index contributed by atoms with van der Waals surface area (Å²) < 4.78 is 38.5. The Balaban J connectivity index is 1.60. The Kier molecular flexibility index (Phi) is 4.69. The molecule has 2 aliphatic heterocycles. The van der Waals surface area contributed by atoms with E-state index < -0.39 is 11.7 Å². The van der Waals surface area contributed by atoms with Gasteiger partial charge >= 0.3 is 6.18 Å². The average molecular weight is 342 g/mol. The predicted molar refractivity (Wildman–Crippen MR) is 84.4 cm³/mol. The van der Waals surface area contributed by atoms with Gasteiger partial charge in [0.2, 0.25) is 5.91 Å². The highest BCUT2D eigenvalue weighted by atomic mass is 19.4. The fraction of sp³-hybridized carbons (Fsp3) is 0.562. The van der Waals surface area contributed by atoms with Gasteiger partial charge in [0.05, 0.1) is 5.56 Å². The van der Waals surface area contributed by atoms with Crippen LogP contribution in [-0.2, 0) is 11.0 Å². The van der Waals surface area contributed by atoms with Crippen molar-refractivity contribution in [1.82, 2.24) is 15.8 Å². The number of nitrogens with one attached hydrogen (secondary N) is 2. The van der Waals surface area contributed by atoms with E-state index in [2.05, 4.69) is 10.9 Å². The molecule has 2 atom stereocenters. The standard InChI is InChI=1S/C16H21F3N4O/c1-11-9-14(21-20-11)15(24)23-7-5-22(6-8-23)13-4-2-3-12(10-13)16(17,18)19/h2-4,10-11,14,20-21H,5-9H2,1H3. The Morgan fingerprint density at radius 1 is 1.17 bits per heavy atom. The number of carbonyl (C=O) groups is 1. The van der Waals surface area contributed by atoms with Crippen molar-refractivity contribution >= 4 is 11.6 Å². The van der Waals surface area contributed by atoms with Gasteiger partial charge in [0, 0.05) is 37.9 Å². The van der Waals surface area contributed by atoms with E-state index in [0.29, 0.717) is 31.9 Å². The van der Waals surface area contributed by atoms with Crippen molar-refractivity contribution in [2.75, 3.05) is 31.1 Å². The van der Waals surface area contributed by atoms with E-state index in [4.69, 9.17) is 0 Å². The zero-order valence-corrected chi connectivity index (χ0v) is 13.4. The van der Waals surface area contributed by atoms with Crippen LogP contribution in [0.5, 0.6) is 0 Å². The largest absolute Gasteiger partial charge is 0.416 e. The summed E-state index contributed by atoms with van der Waals surface area (Å²) in [5, 5.41) is 0. The minimum atomic E-state index is -4.34. The quantitative estimate of drug-likeness (QED) is 0.857. The average Bonchev–Trinajstić information content (AvgIpc) is 3.00. The number of nitrogens with zero attached hydrogens (tertiary/aromatic N) is 2. The second kappa shape index (κ2) is 6.60. The Hall–Kier alpha value is -1.80. The molecular weight excluding hydrogens is 321 g/mol. The summed E-state index contributed by atoms with van der Waals surface area (Å²) in [6, 6.07) is 5.37. The fourth-order valence-corrected chi connectivity index (χ4v) is 3.16. The van der Waals surface area contributed by atoms with Crippen molar-refractivity contribution in [2.45, 2.75) is 31.6 Å². The van der Waals surface area contributed by atoms with E-state index in [1.165, 1.54) is 12.1 Å². The number of hydrogen-bond donors (Lipinski definition) is 2. The van der Waals surface area contributed by atoms with Gasteiger partial charge in [-0.1, -0.05) is 6.07 Å². The summed E-state index contributed by atoms with van der Waals surface area (Å²) >= 11 is 0. The first-order valence-corrected chi connectivity index (χ1v) is 8.06. The lowest BCUT2D eigenvalue weighted by Crippen LogP contribution is -2.53. The third-order valence-corrected chi connectivity index (χ3v) is 4.52. The first-order chi connectivity index (χ1) is 11.3. The van der Waals surface area contributed by atoms with Gasteiger partial charge in [-0.3, -0.25) is 10.2 Å². The van der Waals surface area contributed by atoms with Gasteiger partial charge in [0.15, 0.2) is 0 Å². The Morgan fingerprint density at radius 3 is 2.46 bits per heavy atom. The van der Waals surface area contributed by atoms with Crippen LogP contribution in [0.2, 0.25) is 0 Å². The third-order valence-electron chi connectivity index (χ3n) is 4.52. The molecule has 2 aliphatic rings. The van der Waals surface area contributed by atoms with Crippen LogP contribution in [0.15, 0.2) is 24.3 Å². The monoisotopic (exact) mass is 342 g/mol. The van der Waals surface area contributed by atoms with Crippen LogP contribution >= 0.6 is 0 Å². The molecular formula is C16H21F3N4O. The lowest BCUT2D eigenvalue weighted by Gasteiger charge is -2.37. The first kappa shape index (κ1) is 17.0. The molecule has 132 valence electrons. The molecule has 0 saturated carbocycles. The summed E-state index contributed by atoms with van der Waals surface area (Å²) in [6.45, 7) is 4.10. The Bertz CT molecular complexity index is 599. The summed E-state index contributed by atoms with van der Waals surface area (Å²) in [6.07, 6.45) is -3.60. The molecule has 24 heavy (non-hydrogen) atoms. The molecule has 1 amide bonds. The molecule has 0 aliphatic carbocycles. The molecule has 2 fully saturated rings. The van der Waals surface area contributed by atoms with Crippen molar-refractivity contribution in [3.8, 4) is 0 Å². The van der Waals surface area contributed by atoms with Crippen LogP contribution in [0.1, 0.15) is 18.9 Å². The highest BCUT2D eigenvalue weighted by molar-refractivity contribution is 5.82. The van der Waals surface area contributed by atoms with Gasteiger partial charge < -0.3 is 9.80 Å². The van der Waals surface area contributed by atoms with E-state index in [0.717, 1.165) is 12.5 Å². The van der Waals surface area contributed by atoms with E-state index in [1.54, 1.807) is 11.0 Å². The molecule has 2 N–H and O–H groups in total. The summed E-state index contributed by atoms with van der Waals surface area (Å²) in [5.74, 6) is 0.0514. The van der Waals surface area contributed by atoms with Gasteiger partial charge in [0.25, 0.3) is 0 Å². The second-order valence-corrected chi connectivity index (χ2v) is 6.34. The van der Waals surface area contributed by atoms with Crippen LogP contribution < -0.4 is 15.8 Å². The van der Waals surface area contributed by atoms with Crippen molar-refractivity contribution in [2.24, 2.45) is 0 Å². The number of amides is 1. The molecule has 1 aromatic carbocycles. The third kappa shape index (κ3) is 3.64. The van der Waals surface area contributed by atoms with Crippen molar-refractivity contribution < 1.29 is 18.0 Å². The molecule has 0 bridgehead atoms. The zero-order valence-electron chi connectivity index (χ0n) is 13.4. The number of hydrogen-bond acceptors (Lipinski definition) is 4. The summed E-state index contributed by atoms with van der Waals surface area (Å²) in [7, 11) is 0. The number of anilines is 1. The summed E-state index contributed by atoms with van der Waals surface area (Å²) in [4.78, 5) is 16.1. The smallest absolute Gasteiger partial charge is 0.368 e. The van der Waals surface area contributed by atoms with Gasteiger partial charge in [-0.05, 0) is 31.5 Å². The lowest BCUT2D eigenvalue weighted by atomic mass is 10.1. The van der Waals surface area contributed by atoms with Crippen LogP contribution in [0.3, 0.4) is 0 Å². The minimum absolute atomic E-state index is 0.0514. The van der Waals surface area contributed by atoms with Gasteiger partial charge in [0.1, 0.15) is 6.04 Å². The summed E-state index contributed by atoms with van der Waals surface area (Å²) in [5.41, 5.74) is 5.92. The number of halogens is 3. The Labute approximate surface area is 138 Å². The predicted octanol–water partition coefficient (Wildman–Crippen LogP) is 1.61. The maximum Gasteiger partial charge on any atom is 0.416 e. The molecule has 2 heterocycles. The molecule has 2 saturated heterocycles. The van der Waals surface area contributed by atoms with Gasteiger partial charge in [-0.2, -0.15) is 13.2 Å². The molecule has 0 spiro atoms. The highest BCUT2D eigenvalue weighted by Gasteiger charge is 2.33. The minimum Gasteiger partial charge on any atom is -0.368 e. The molecule has 0 radical (unpaired) electrons. The maximum atomic E-state index is 12.8. The number of benzene rings is 1. The van der Waals surface area contributed by atoms with Gasteiger partial charge in [-0.25, -0.2) is 5.43 Å². The first-order valence-electron chi connectivity index (χ1n) is 8.06. The second-order valence-electron chi connectivity index (χ2n) is 6.34. The highest BCUT2D eigenvalue weighted by Crippen LogP contribution is 2.31. The molecule has 2 unspecified atom stereocenters. The maximum absolute atomic E-state index is 12.8. The van der Waals surface area contributed by atoms with Crippen LogP contribution in [-0.4, -0.2) is 49.1 Å². The van der Waals surface area contributed by atoms with E-state index in [9.17, 15) is 18.0 Å². The van der Waals surface area contributed by atoms with E-state index >= 15 is 0 Å². The van der Waals surface area contributed by atoms with E-state index in [-0.39, 0.29) is 18.0 Å². The van der Waals surface area contributed by atoms with Crippen LogP contribution in [0, 0.1) is 0 Å². The van der Waals surface area contributed by atoms with Crippen LogP contribution in [0.25, 0.3) is 0 Å². The number of carbonyl (C=O) groups excluding carboxylic acids is 1. The van der Waals surface area contributed by atoms with E-state index in [1.807, 2.05) is 11.8 Å². The molecule has 3 rings (SSSR count). The Morgan fingerprint density at radius 2 is 1.88 bits per heavy atom. The number of alkyl halides is 3. The fourth-order valence-electron chi connectivity index (χ4n) is 3.16. The SMILES string of the molecule is CC1CC(C(=O)N2CCN(c3cccc(C(F)(F)F)c3)CC2)NN1. The van der Waals surface area contributed by atoms with Crippen molar-refractivity contribution in [3.05, 3.63) is 29.8 Å². The molecule has 1 aromatic rings. The number of rotatable bonds is 2. The normalized spacial score (nSPS) is 25.2. The lowest BCUT2D eigenvalue weighted by molar-refractivity contribution is -0.137. The molecule has 8 heteroatoms. The molecule has 5 nitrogen and oxygen atoms in total.